The first-order valence-corrected chi connectivity index (χ1v) is 15.5. The number of sulfonamides is 1. The molecular weight excluding hydrogens is 546 g/mol. The minimum Gasteiger partial charge on any atom is -0.493 e. The zero-order valence-electron chi connectivity index (χ0n) is 24.0. The molecule has 14 heteroatoms. The molecule has 1 N–H and O–H groups in total. The van der Waals surface area contributed by atoms with Gasteiger partial charge in [-0.25, -0.2) is 18.1 Å². The SMILES string of the molecule is CCCOc1ccc(S(=O)(=O)N2CCN(CC)CC2)cc1-c1nc2c(CCC)nn(Cc3nncn3C)c2c(=O)[nH]1. The molecule has 0 radical (unpaired) electrons. The lowest BCUT2D eigenvalue weighted by atomic mass is 10.1. The molecule has 1 aromatic carbocycles. The highest BCUT2D eigenvalue weighted by molar-refractivity contribution is 7.89. The number of aryl methyl sites for hydroxylation is 2. The smallest absolute Gasteiger partial charge is 0.277 e. The Morgan fingerprint density at radius 3 is 2.51 bits per heavy atom. The van der Waals surface area contributed by atoms with E-state index in [1.807, 2.05) is 20.9 Å². The minimum absolute atomic E-state index is 0.135. The van der Waals surface area contributed by atoms with Crippen LogP contribution in [0.25, 0.3) is 22.4 Å². The first-order chi connectivity index (χ1) is 19.8. The van der Waals surface area contributed by atoms with Crippen molar-refractivity contribution < 1.29 is 13.2 Å². The summed E-state index contributed by atoms with van der Waals surface area (Å²) in [6.45, 7) is 9.88. The van der Waals surface area contributed by atoms with Gasteiger partial charge in [0.1, 0.15) is 30.0 Å². The van der Waals surface area contributed by atoms with E-state index in [2.05, 4.69) is 27.0 Å². The number of aromatic nitrogens is 7. The molecule has 1 aliphatic rings. The molecular formula is C27H37N9O4S. The van der Waals surface area contributed by atoms with Crippen molar-refractivity contribution in [2.75, 3.05) is 39.3 Å². The Labute approximate surface area is 239 Å². The molecule has 1 fully saturated rings. The molecule has 0 atom stereocenters. The third kappa shape index (κ3) is 5.76. The van der Waals surface area contributed by atoms with Gasteiger partial charge < -0.3 is 19.2 Å². The number of nitrogens with zero attached hydrogens (tertiary/aromatic N) is 8. The van der Waals surface area contributed by atoms with E-state index in [0.29, 0.717) is 73.1 Å². The Morgan fingerprint density at radius 2 is 1.85 bits per heavy atom. The van der Waals surface area contributed by atoms with Crippen molar-refractivity contribution in [1.82, 2.24) is 43.7 Å². The summed E-state index contributed by atoms with van der Waals surface area (Å²) in [6.07, 6.45) is 3.79. The van der Waals surface area contributed by atoms with Gasteiger partial charge in [-0.2, -0.15) is 9.40 Å². The number of hydrogen-bond donors (Lipinski definition) is 1. The molecule has 0 saturated carbocycles. The molecule has 4 aromatic rings. The Hall–Kier alpha value is -3.62. The maximum Gasteiger partial charge on any atom is 0.277 e. The predicted molar refractivity (Wildman–Crippen MR) is 154 cm³/mol. The Bertz CT molecular complexity index is 1680. The van der Waals surface area contributed by atoms with E-state index in [1.54, 1.807) is 33.8 Å². The zero-order valence-corrected chi connectivity index (χ0v) is 24.8. The predicted octanol–water partition coefficient (Wildman–Crippen LogP) is 2.03. The summed E-state index contributed by atoms with van der Waals surface area (Å²) in [4.78, 5) is 23.7. The molecule has 0 amide bonds. The fourth-order valence-corrected chi connectivity index (χ4v) is 6.46. The summed E-state index contributed by atoms with van der Waals surface area (Å²) in [6, 6.07) is 4.77. The van der Waals surface area contributed by atoms with Crippen LogP contribution in [-0.2, 0) is 30.0 Å². The molecule has 5 rings (SSSR count). The van der Waals surface area contributed by atoms with Crippen LogP contribution in [0.3, 0.4) is 0 Å². The van der Waals surface area contributed by atoms with Gasteiger partial charge in [-0.3, -0.25) is 4.79 Å². The van der Waals surface area contributed by atoms with Crippen molar-refractivity contribution in [2.45, 2.75) is 51.5 Å². The third-order valence-electron chi connectivity index (χ3n) is 7.34. The van der Waals surface area contributed by atoms with E-state index in [9.17, 15) is 13.2 Å². The topological polar surface area (TPSA) is 144 Å². The van der Waals surface area contributed by atoms with E-state index >= 15 is 0 Å². The van der Waals surface area contributed by atoms with Crippen LogP contribution in [-0.4, -0.2) is 91.5 Å². The molecule has 41 heavy (non-hydrogen) atoms. The van der Waals surface area contributed by atoms with Crippen LogP contribution in [0.1, 0.15) is 45.1 Å². The fraction of sp³-hybridized carbons (Fsp3) is 0.519. The van der Waals surface area contributed by atoms with Gasteiger partial charge in [0.25, 0.3) is 5.56 Å². The van der Waals surface area contributed by atoms with Gasteiger partial charge in [-0.05, 0) is 37.6 Å². The molecule has 0 bridgehead atoms. The maximum absolute atomic E-state index is 13.6. The average molecular weight is 584 g/mol. The highest BCUT2D eigenvalue weighted by atomic mass is 32.2. The largest absolute Gasteiger partial charge is 0.493 e. The van der Waals surface area contributed by atoms with Gasteiger partial charge in [0, 0.05) is 33.2 Å². The molecule has 13 nitrogen and oxygen atoms in total. The molecule has 3 aromatic heterocycles. The minimum atomic E-state index is -3.76. The van der Waals surface area contributed by atoms with Crippen molar-refractivity contribution in [3.63, 3.8) is 0 Å². The number of benzene rings is 1. The van der Waals surface area contributed by atoms with E-state index in [-0.39, 0.29) is 22.8 Å². The highest BCUT2D eigenvalue weighted by Gasteiger charge is 2.29. The molecule has 0 spiro atoms. The average Bonchev–Trinajstić information content (AvgIpc) is 3.54. The van der Waals surface area contributed by atoms with Crippen LogP contribution in [0.15, 0.2) is 34.2 Å². The number of fused-ring (bicyclic) bond motifs is 1. The fourth-order valence-electron chi connectivity index (χ4n) is 5.01. The number of ether oxygens (including phenoxy) is 1. The van der Waals surface area contributed by atoms with Gasteiger partial charge in [-0.15, -0.1) is 10.2 Å². The molecule has 0 unspecified atom stereocenters. The van der Waals surface area contributed by atoms with Crippen LogP contribution in [0.2, 0.25) is 0 Å². The van der Waals surface area contributed by atoms with Crippen LogP contribution in [0.5, 0.6) is 5.75 Å². The van der Waals surface area contributed by atoms with Gasteiger partial charge in [0.15, 0.2) is 11.3 Å². The lowest BCUT2D eigenvalue weighted by molar-refractivity contribution is 0.196. The lowest BCUT2D eigenvalue weighted by Crippen LogP contribution is -2.48. The normalized spacial score (nSPS) is 15.1. The summed E-state index contributed by atoms with van der Waals surface area (Å²) in [5.41, 5.74) is 1.51. The number of piperazine rings is 1. The summed E-state index contributed by atoms with van der Waals surface area (Å²) in [7, 11) is -1.93. The lowest BCUT2D eigenvalue weighted by Gasteiger charge is -2.33. The monoisotopic (exact) mass is 583 g/mol. The van der Waals surface area contributed by atoms with Crippen LogP contribution < -0.4 is 10.3 Å². The summed E-state index contributed by atoms with van der Waals surface area (Å²) in [5, 5.41) is 12.8. The molecule has 220 valence electrons. The standard InChI is InChI=1S/C27H37N9O4S/c1-5-8-21-24-25(36(32-21)17-23-31-28-18-33(23)4)27(37)30-26(29-24)20-16-19(9-10-22(20)40-15-6-2)41(38,39)35-13-11-34(7-3)12-14-35/h9-10,16,18H,5-8,11-15,17H2,1-4H3,(H,29,30,37). The highest BCUT2D eigenvalue weighted by Crippen LogP contribution is 2.32. The quantitative estimate of drug-likeness (QED) is 0.280. The van der Waals surface area contributed by atoms with Gasteiger partial charge in [-0.1, -0.05) is 27.2 Å². The zero-order chi connectivity index (χ0) is 29.1. The van der Waals surface area contributed by atoms with Crippen molar-refractivity contribution in [3.8, 4) is 17.1 Å². The first-order valence-electron chi connectivity index (χ1n) is 14.1. The molecule has 1 saturated heterocycles. The number of likely N-dealkylation sites (N-methyl/N-ethyl adjacent to an activating group) is 1. The number of hydrogen-bond acceptors (Lipinski definition) is 9. The number of H-pyrrole nitrogens is 1. The van der Waals surface area contributed by atoms with Gasteiger partial charge in [0.05, 0.1) is 22.8 Å². The van der Waals surface area contributed by atoms with Crippen molar-refractivity contribution in [3.05, 3.63) is 46.4 Å². The van der Waals surface area contributed by atoms with E-state index in [4.69, 9.17) is 14.8 Å². The van der Waals surface area contributed by atoms with Gasteiger partial charge >= 0.3 is 0 Å². The molecule has 1 aliphatic heterocycles. The van der Waals surface area contributed by atoms with Crippen molar-refractivity contribution in [2.24, 2.45) is 7.05 Å². The summed E-state index contributed by atoms with van der Waals surface area (Å²) >= 11 is 0. The van der Waals surface area contributed by atoms with Crippen molar-refractivity contribution >= 4 is 21.1 Å². The van der Waals surface area contributed by atoms with E-state index < -0.39 is 10.0 Å². The van der Waals surface area contributed by atoms with Crippen LogP contribution in [0, 0.1) is 0 Å². The Morgan fingerprint density at radius 1 is 1.07 bits per heavy atom. The van der Waals surface area contributed by atoms with Gasteiger partial charge in [0.2, 0.25) is 10.0 Å². The Balaban J connectivity index is 1.60. The van der Waals surface area contributed by atoms with Crippen molar-refractivity contribution in [1.29, 1.82) is 0 Å². The third-order valence-corrected chi connectivity index (χ3v) is 9.23. The second-order valence-electron chi connectivity index (χ2n) is 10.2. The molecule has 4 heterocycles. The number of aromatic amines is 1. The van der Waals surface area contributed by atoms with Crippen LogP contribution >= 0.6 is 0 Å². The first kappa shape index (κ1) is 28.9. The molecule has 0 aliphatic carbocycles. The second-order valence-corrected chi connectivity index (χ2v) is 12.1. The number of rotatable bonds is 11. The van der Waals surface area contributed by atoms with Crippen LogP contribution in [0.4, 0.5) is 0 Å². The van der Waals surface area contributed by atoms with E-state index in [0.717, 1.165) is 19.4 Å². The maximum atomic E-state index is 13.6. The summed E-state index contributed by atoms with van der Waals surface area (Å²) in [5.74, 6) is 1.33. The second kappa shape index (κ2) is 12.1. The summed E-state index contributed by atoms with van der Waals surface area (Å²) < 4.78 is 38.2. The van der Waals surface area contributed by atoms with E-state index in [1.165, 1.54) is 4.31 Å². The number of nitrogens with one attached hydrogen (secondary N) is 1. The Kier molecular flexibility index (Phi) is 8.52.